The van der Waals surface area contributed by atoms with E-state index in [9.17, 15) is 4.79 Å². The summed E-state index contributed by atoms with van der Waals surface area (Å²) >= 11 is 0. The lowest BCUT2D eigenvalue weighted by Gasteiger charge is -2.33. The quantitative estimate of drug-likeness (QED) is 0.813. The van der Waals surface area contributed by atoms with E-state index >= 15 is 0 Å². The number of aromatic nitrogens is 1. The molecule has 3 N–H and O–H groups in total. The van der Waals surface area contributed by atoms with Crippen LogP contribution in [0.25, 0.3) is 0 Å². The molecular weight excluding hydrogens is 264 g/mol. The normalized spacial score (nSPS) is 19.4. The summed E-state index contributed by atoms with van der Waals surface area (Å²) < 4.78 is 0. The number of rotatable bonds is 5. The van der Waals surface area contributed by atoms with Crippen LogP contribution in [-0.2, 0) is 0 Å². The van der Waals surface area contributed by atoms with Crippen LogP contribution in [0.2, 0.25) is 0 Å². The van der Waals surface area contributed by atoms with Crippen LogP contribution in [0.3, 0.4) is 0 Å². The molecule has 1 fully saturated rings. The Hall–Kier alpha value is -1.62. The van der Waals surface area contributed by atoms with E-state index in [1.807, 2.05) is 6.92 Å². The Kier molecular flexibility index (Phi) is 5.56. The molecule has 21 heavy (non-hydrogen) atoms. The molecule has 5 heteroatoms. The molecule has 5 nitrogen and oxygen atoms in total. The first-order valence-corrected chi connectivity index (χ1v) is 7.82. The maximum atomic E-state index is 12.0. The van der Waals surface area contributed by atoms with Gasteiger partial charge in [-0.2, -0.15) is 0 Å². The number of aryl methyl sites for hydroxylation is 1. The summed E-state index contributed by atoms with van der Waals surface area (Å²) in [5.41, 5.74) is 7.63. The highest BCUT2D eigenvalue weighted by atomic mass is 16.1. The minimum absolute atomic E-state index is 0.133. The van der Waals surface area contributed by atoms with Gasteiger partial charge in [0.1, 0.15) is 0 Å². The third-order valence-electron chi connectivity index (χ3n) is 4.17. The van der Waals surface area contributed by atoms with Gasteiger partial charge in [-0.25, -0.2) is 0 Å². The highest BCUT2D eigenvalue weighted by Gasteiger charge is 2.17. The van der Waals surface area contributed by atoms with E-state index in [-0.39, 0.29) is 5.91 Å². The van der Waals surface area contributed by atoms with Gasteiger partial charge in [0.15, 0.2) is 0 Å². The van der Waals surface area contributed by atoms with E-state index in [0.29, 0.717) is 23.8 Å². The molecule has 2 rings (SSSR count). The molecule has 0 bridgehead atoms. The second-order valence-corrected chi connectivity index (χ2v) is 5.90. The van der Waals surface area contributed by atoms with Crippen LogP contribution in [0.15, 0.2) is 12.3 Å². The van der Waals surface area contributed by atoms with Crippen molar-refractivity contribution in [2.45, 2.75) is 45.6 Å². The lowest BCUT2D eigenvalue weighted by molar-refractivity contribution is 0.0949. The number of nitrogens with two attached hydrogens (primary N) is 1. The van der Waals surface area contributed by atoms with Gasteiger partial charge in [0.2, 0.25) is 0 Å². The highest BCUT2D eigenvalue weighted by molar-refractivity contribution is 5.98. The number of hydrogen-bond donors (Lipinski definition) is 2. The number of pyridine rings is 1. The number of nitrogens with zero attached hydrogens (tertiary/aromatic N) is 2. The molecular formula is C16H26N4O. The predicted octanol–water partition coefficient (Wildman–Crippen LogP) is 1.97. The van der Waals surface area contributed by atoms with Gasteiger partial charge in [0.25, 0.3) is 5.91 Å². The number of hydrogen-bond acceptors (Lipinski definition) is 4. The Morgan fingerprint density at radius 2 is 2.33 bits per heavy atom. The van der Waals surface area contributed by atoms with E-state index in [4.69, 9.17) is 5.73 Å². The van der Waals surface area contributed by atoms with Crippen LogP contribution < -0.4 is 11.1 Å². The van der Waals surface area contributed by atoms with Gasteiger partial charge in [0, 0.05) is 36.7 Å². The smallest absolute Gasteiger partial charge is 0.254 e. The number of amides is 1. The SMILES string of the molecule is Cc1cc(N)c(C(=O)NCCCN2CCCCC2C)cn1. The lowest BCUT2D eigenvalue weighted by Crippen LogP contribution is -2.39. The van der Waals surface area contributed by atoms with Gasteiger partial charge in [-0.3, -0.25) is 9.78 Å². The summed E-state index contributed by atoms with van der Waals surface area (Å²) in [6.07, 6.45) is 6.44. The van der Waals surface area contributed by atoms with E-state index in [0.717, 1.165) is 18.7 Å². The number of nitrogens with one attached hydrogen (secondary N) is 1. The van der Waals surface area contributed by atoms with Crippen molar-refractivity contribution in [3.63, 3.8) is 0 Å². The molecule has 1 amide bonds. The summed E-state index contributed by atoms with van der Waals surface area (Å²) in [7, 11) is 0. The molecule has 0 saturated carbocycles. The van der Waals surface area contributed by atoms with Crippen LogP contribution >= 0.6 is 0 Å². The van der Waals surface area contributed by atoms with Crippen molar-refractivity contribution in [2.24, 2.45) is 0 Å². The lowest BCUT2D eigenvalue weighted by atomic mass is 10.0. The number of piperidine rings is 1. The maximum absolute atomic E-state index is 12.0. The maximum Gasteiger partial charge on any atom is 0.254 e. The molecule has 0 spiro atoms. The average Bonchev–Trinajstić information content (AvgIpc) is 2.45. The molecule has 1 aliphatic heterocycles. The third-order valence-corrected chi connectivity index (χ3v) is 4.17. The van der Waals surface area contributed by atoms with E-state index < -0.39 is 0 Å². The highest BCUT2D eigenvalue weighted by Crippen LogP contribution is 2.16. The van der Waals surface area contributed by atoms with Gasteiger partial charge in [-0.15, -0.1) is 0 Å². The summed E-state index contributed by atoms with van der Waals surface area (Å²) in [6, 6.07) is 2.40. The number of nitrogen functional groups attached to an aromatic ring is 1. The number of likely N-dealkylation sites (tertiary alicyclic amines) is 1. The zero-order valence-corrected chi connectivity index (χ0v) is 13.1. The van der Waals surface area contributed by atoms with Crippen molar-refractivity contribution >= 4 is 11.6 Å². The molecule has 1 aromatic heterocycles. The van der Waals surface area contributed by atoms with E-state index in [2.05, 4.69) is 22.1 Å². The molecule has 2 heterocycles. The van der Waals surface area contributed by atoms with Crippen molar-refractivity contribution in [3.8, 4) is 0 Å². The fourth-order valence-electron chi connectivity index (χ4n) is 2.84. The Balaban J connectivity index is 1.74. The van der Waals surface area contributed by atoms with Gasteiger partial charge in [-0.05, 0) is 45.7 Å². The molecule has 0 radical (unpaired) electrons. The molecule has 0 aromatic carbocycles. The summed E-state index contributed by atoms with van der Waals surface area (Å²) in [6.45, 7) is 7.05. The summed E-state index contributed by atoms with van der Waals surface area (Å²) in [5.74, 6) is -0.133. The molecule has 1 aliphatic rings. The van der Waals surface area contributed by atoms with Crippen molar-refractivity contribution < 1.29 is 4.79 Å². The second kappa shape index (κ2) is 7.41. The average molecular weight is 290 g/mol. The first-order chi connectivity index (χ1) is 10.1. The zero-order chi connectivity index (χ0) is 15.2. The fourth-order valence-corrected chi connectivity index (χ4v) is 2.84. The zero-order valence-electron chi connectivity index (χ0n) is 13.1. The van der Waals surface area contributed by atoms with Gasteiger partial charge in [0.05, 0.1) is 5.56 Å². The molecule has 1 unspecified atom stereocenters. The van der Waals surface area contributed by atoms with Crippen molar-refractivity contribution in [2.75, 3.05) is 25.4 Å². The standard InChI is InChI=1S/C16H26N4O/c1-12-10-15(17)14(11-19-12)16(21)18-7-5-9-20-8-4-3-6-13(20)2/h10-11,13H,3-9H2,1-2H3,(H2,17,19)(H,18,21). The monoisotopic (exact) mass is 290 g/mol. The van der Waals surface area contributed by atoms with Crippen molar-refractivity contribution in [1.29, 1.82) is 0 Å². The number of anilines is 1. The molecule has 0 aliphatic carbocycles. The first kappa shape index (κ1) is 15.8. The van der Waals surface area contributed by atoms with Crippen molar-refractivity contribution in [3.05, 3.63) is 23.5 Å². The Labute approximate surface area is 126 Å². The Morgan fingerprint density at radius 3 is 3.05 bits per heavy atom. The minimum Gasteiger partial charge on any atom is -0.398 e. The molecule has 1 atom stereocenters. The van der Waals surface area contributed by atoms with Crippen LogP contribution in [0.1, 0.15) is 48.7 Å². The molecule has 116 valence electrons. The van der Waals surface area contributed by atoms with E-state index in [1.54, 1.807) is 12.3 Å². The molecule has 1 saturated heterocycles. The minimum atomic E-state index is -0.133. The largest absolute Gasteiger partial charge is 0.398 e. The second-order valence-electron chi connectivity index (χ2n) is 5.90. The van der Waals surface area contributed by atoms with Crippen LogP contribution in [-0.4, -0.2) is 41.5 Å². The van der Waals surface area contributed by atoms with Crippen LogP contribution in [0.5, 0.6) is 0 Å². The molecule has 1 aromatic rings. The topological polar surface area (TPSA) is 71.2 Å². The fraction of sp³-hybridized carbons (Fsp3) is 0.625. The van der Waals surface area contributed by atoms with Crippen LogP contribution in [0, 0.1) is 6.92 Å². The van der Waals surface area contributed by atoms with Crippen molar-refractivity contribution in [1.82, 2.24) is 15.2 Å². The van der Waals surface area contributed by atoms with Crippen LogP contribution in [0.4, 0.5) is 5.69 Å². The van der Waals surface area contributed by atoms with Gasteiger partial charge >= 0.3 is 0 Å². The number of carbonyl (C=O) groups excluding carboxylic acids is 1. The predicted molar refractivity (Wildman–Crippen MR) is 85.2 cm³/mol. The van der Waals surface area contributed by atoms with Gasteiger partial charge < -0.3 is 16.0 Å². The summed E-state index contributed by atoms with van der Waals surface area (Å²) in [5, 5.41) is 2.93. The van der Waals surface area contributed by atoms with Gasteiger partial charge in [-0.1, -0.05) is 6.42 Å². The number of carbonyl (C=O) groups is 1. The van der Waals surface area contributed by atoms with E-state index in [1.165, 1.54) is 25.8 Å². The Morgan fingerprint density at radius 1 is 1.52 bits per heavy atom. The first-order valence-electron chi connectivity index (χ1n) is 7.82. The summed E-state index contributed by atoms with van der Waals surface area (Å²) in [4.78, 5) is 18.7. The third kappa shape index (κ3) is 4.43. The Bertz CT molecular complexity index is 489.